The summed E-state index contributed by atoms with van der Waals surface area (Å²) in [5.74, 6) is 0.936. The van der Waals surface area contributed by atoms with E-state index in [2.05, 4.69) is 10.2 Å². The second-order valence-electron chi connectivity index (χ2n) is 5.45. The van der Waals surface area contributed by atoms with E-state index in [4.69, 9.17) is 11.6 Å². The molecule has 4 rings (SSSR count). The van der Waals surface area contributed by atoms with Crippen molar-refractivity contribution in [3.63, 3.8) is 0 Å². The molecular formula is C18H13ClFN3. The van der Waals surface area contributed by atoms with E-state index in [9.17, 15) is 4.39 Å². The van der Waals surface area contributed by atoms with Crippen LogP contribution in [0, 0.1) is 6.92 Å². The number of aryl methyl sites for hydroxylation is 1. The normalized spacial score (nSPS) is 16.3. The van der Waals surface area contributed by atoms with Crippen molar-refractivity contribution >= 4 is 17.2 Å². The minimum atomic E-state index is -1.34. The predicted molar refractivity (Wildman–Crippen MR) is 88.5 cm³/mol. The molecule has 0 radical (unpaired) electrons. The second kappa shape index (κ2) is 5.32. The van der Waals surface area contributed by atoms with E-state index in [0.717, 1.165) is 22.4 Å². The molecule has 0 saturated carbocycles. The molecule has 0 saturated heterocycles. The summed E-state index contributed by atoms with van der Waals surface area (Å²) in [6.45, 7) is 1.81. The molecule has 2 heterocycles. The topological polar surface area (TPSA) is 30.7 Å². The quantitative estimate of drug-likeness (QED) is 0.650. The fourth-order valence-corrected chi connectivity index (χ4v) is 3.13. The van der Waals surface area contributed by atoms with Gasteiger partial charge in [0.1, 0.15) is 5.82 Å². The van der Waals surface area contributed by atoms with Crippen LogP contribution >= 0.6 is 11.6 Å². The van der Waals surface area contributed by atoms with Crippen molar-refractivity contribution in [3.8, 4) is 5.69 Å². The average Bonchev–Trinajstić information content (AvgIpc) is 2.89. The number of hydrogen-bond donors (Lipinski definition) is 0. The summed E-state index contributed by atoms with van der Waals surface area (Å²) in [6, 6.07) is 15.3. The van der Waals surface area contributed by atoms with Gasteiger partial charge in [-0.05, 0) is 42.3 Å². The van der Waals surface area contributed by atoms with Gasteiger partial charge >= 0.3 is 0 Å². The highest BCUT2D eigenvalue weighted by Crippen LogP contribution is 2.38. The number of benzene rings is 2. The Morgan fingerprint density at radius 1 is 1.09 bits per heavy atom. The van der Waals surface area contributed by atoms with Crippen LogP contribution in [0.1, 0.15) is 28.9 Å². The van der Waals surface area contributed by atoms with Gasteiger partial charge in [-0.3, -0.25) is 4.57 Å². The van der Waals surface area contributed by atoms with Crippen molar-refractivity contribution in [2.45, 2.75) is 13.1 Å². The van der Waals surface area contributed by atoms with Crippen LogP contribution in [0.15, 0.2) is 54.6 Å². The summed E-state index contributed by atoms with van der Waals surface area (Å²) in [7, 11) is 0. The van der Waals surface area contributed by atoms with E-state index in [1.807, 2.05) is 49.4 Å². The van der Waals surface area contributed by atoms with Gasteiger partial charge in [-0.1, -0.05) is 41.9 Å². The summed E-state index contributed by atoms with van der Waals surface area (Å²) in [6.07, 6.45) is 0.245. The number of hydrogen-bond acceptors (Lipinski definition) is 2. The number of rotatable bonds is 1. The van der Waals surface area contributed by atoms with Crippen molar-refractivity contribution in [1.82, 2.24) is 14.8 Å². The Bertz CT molecular complexity index is 915. The molecule has 1 unspecified atom stereocenters. The minimum absolute atomic E-state index is 0.289. The first-order chi connectivity index (χ1) is 11.1. The monoisotopic (exact) mass is 325 g/mol. The first kappa shape index (κ1) is 14.2. The van der Waals surface area contributed by atoms with Crippen LogP contribution in [0.4, 0.5) is 4.39 Å². The predicted octanol–water partition coefficient (Wildman–Crippen LogP) is 4.69. The van der Waals surface area contributed by atoms with Crippen LogP contribution in [0.3, 0.4) is 0 Å². The van der Waals surface area contributed by atoms with Crippen LogP contribution < -0.4 is 0 Å². The Labute approximate surface area is 138 Å². The lowest BCUT2D eigenvalue weighted by Crippen LogP contribution is -2.04. The number of nitrogens with zero attached hydrogens (tertiary/aromatic N) is 3. The molecule has 1 aromatic heterocycles. The summed E-state index contributed by atoms with van der Waals surface area (Å²) >= 11 is 6.20. The molecule has 3 nitrogen and oxygen atoms in total. The number of alkyl halides is 1. The van der Waals surface area contributed by atoms with Gasteiger partial charge in [-0.2, -0.15) is 0 Å². The zero-order chi connectivity index (χ0) is 16.0. The Morgan fingerprint density at radius 2 is 1.87 bits per heavy atom. The van der Waals surface area contributed by atoms with Crippen LogP contribution in [0.2, 0.25) is 5.02 Å². The van der Waals surface area contributed by atoms with Crippen molar-refractivity contribution in [1.29, 1.82) is 0 Å². The van der Waals surface area contributed by atoms with Gasteiger partial charge < -0.3 is 0 Å². The Hall–Kier alpha value is -2.46. The number of aromatic nitrogens is 3. The highest BCUT2D eigenvalue weighted by molar-refractivity contribution is 6.30. The summed E-state index contributed by atoms with van der Waals surface area (Å²) < 4.78 is 16.6. The Balaban J connectivity index is 2.06. The van der Waals surface area contributed by atoms with E-state index in [1.54, 1.807) is 16.7 Å². The summed E-state index contributed by atoms with van der Waals surface area (Å²) in [4.78, 5) is 0. The molecule has 0 spiro atoms. The first-order valence-corrected chi connectivity index (χ1v) is 7.66. The van der Waals surface area contributed by atoms with Crippen molar-refractivity contribution in [2.75, 3.05) is 0 Å². The third-order valence-corrected chi connectivity index (χ3v) is 4.22. The first-order valence-electron chi connectivity index (χ1n) is 7.28. The van der Waals surface area contributed by atoms with Gasteiger partial charge in [0.15, 0.2) is 12.0 Å². The molecule has 0 bridgehead atoms. The van der Waals surface area contributed by atoms with Crippen LogP contribution in [-0.4, -0.2) is 14.8 Å². The second-order valence-corrected chi connectivity index (χ2v) is 5.89. The number of allylic oxidation sites excluding steroid dienone is 1. The lowest BCUT2D eigenvalue weighted by molar-refractivity contribution is 0.392. The van der Waals surface area contributed by atoms with Crippen LogP contribution in [0.5, 0.6) is 0 Å². The fourth-order valence-electron chi connectivity index (χ4n) is 2.95. The summed E-state index contributed by atoms with van der Waals surface area (Å²) in [5.41, 5.74) is 3.45. The lowest BCUT2D eigenvalue weighted by Gasteiger charge is -2.14. The SMILES string of the molecule is Cc1nnc2n1-c1ccc(Cl)cc1C(c1ccccc1)=CC2F. The van der Waals surface area contributed by atoms with E-state index >= 15 is 0 Å². The highest BCUT2D eigenvalue weighted by Gasteiger charge is 2.26. The number of fused-ring (bicyclic) bond motifs is 3. The van der Waals surface area contributed by atoms with Crippen molar-refractivity contribution < 1.29 is 4.39 Å². The summed E-state index contributed by atoms with van der Waals surface area (Å²) in [5, 5.41) is 8.63. The molecular weight excluding hydrogens is 313 g/mol. The van der Waals surface area contributed by atoms with Crippen LogP contribution in [0.25, 0.3) is 11.3 Å². The third kappa shape index (κ3) is 2.26. The van der Waals surface area contributed by atoms with Gasteiger partial charge in [0.05, 0.1) is 5.69 Å². The zero-order valence-electron chi connectivity index (χ0n) is 12.4. The maximum absolute atomic E-state index is 14.8. The fraction of sp³-hybridized carbons (Fsp3) is 0.111. The largest absolute Gasteiger partial charge is 0.280 e. The zero-order valence-corrected chi connectivity index (χ0v) is 13.1. The van der Waals surface area contributed by atoms with Gasteiger partial charge in [0.2, 0.25) is 0 Å². The van der Waals surface area contributed by atoms with Gasteiger partial charge in [0, 0.05) is 10.6 Å². The molecule has 1 atom stereocenters. The molecule has 2 aromatic carbocycles. The van der Waals surface area contributed by atoms with Gasteiger partial charge in [-0.15, -0.1) is 10.2 Å². The average molecular weight is 326 g/mol. The van der Waals surface area contributed by atoms with E-state index < -0.39 is 6.17 Å². The van der Waals surface area contributed by atoms with Crippen LogP contribution in [-0.2, 0) is 0 Å². The number of halogens is 2. The molecule has 5 heteroatoms. The smallest absolute Gasteiger partial charge is 0.179 e. The van der Waals surface area contributed by atoms with Gasteiger partial charge in [0.25, 0.3) is 0 Å². The van der Waals surface area contributed by atoms with Gasteiger partial charge in [-0.25, -0.2) is 4.39 Å². The minimum Gasteiger partial charge on any atom is -0.280 e. The maximum atomic E-state index is 14.8. The highest BCUT2D eigenvalue weighted by atomic mass is 35.5. The van der Waals surface area contributed by atoms with E-state index in [1.165, 1.54) is 0 Å². The third-order valence-electron chi connectivity index (χ3n) is 3.98. The molecule has 23 heavy (non-hydrogen) atoms. The van der Waals surface area contributed by atoms with E-state index in [-0.39, 0.29) is 5.82 Å². The lowest BCUT2D eigenvalue weighted by atomic mass is 9.96. The molecule has 0 fully saturated rings. The Morgan fingerprint density at radius 3 is 2.65 bits per heavy atom. The maximum Gasteiger partial charge on any atom is 0.179 e. The Kier molecular flexibility index (Phi) is 3.27. The molecule has 1 aliphatic heterocycles. The molecule has 0 amide bonds. The molecule has 3 aromatic rings. The van der Waals surface area contributed by atoms with Crippen molar-refractivity contribution in [3.05, 3.63) is 82.4 Å². The van der Waals surface area contributed by atoms with E-state index in [0.29, 0.717) is 10.8 Å². The molecule has 114 valence electrons. The molecule has 1 aliphatic rings. The van der Waals surface area contributed by atoms with Crippen molar-refractivity contribution in [2.24, 2.45) is 0 Å². The standard InChI is InChI=1S/C18H13ClFN3/c1-11-21-22-18-16(20)10-14(12-5-3-2-4-6-12)15-9-13(19)7-8-17(15)23(11)18/h2-10,16H,1H3. The molecule has 0 N–H and O–H groups in total. The molecule has 0 aliphatic carbocycles.